The Hall–Kier alpha value is -1.07. The van der Waals surface area contributed by atoms with Gasteiger partial charge in [0.15, 0.2) is 0 Å². The van der Waals surface area contributed by atoms with Crippen molar-refractivity contribution in [3.8, 4) is 0 Å². The largest absolute Gasteiger partial charge is 0.466 e. The Morgan fingerprint density at radius 3 is 2.84 bits per heavy atom. The van der Waals surface area contributed by atoms with Gasteiger partial charge in [0.05, 0.1) is 33.5 Å². The highest BCUT2D eigenvalue weighted by atomic mass is 35.5. The van der Waals surface area contributed by atoms with Crippen LogP contribution in [0.3, 0.4) is 0 Å². The van der Waals surface area contributed by atoms with Crippen LogP contribution in [0.5, 0.6) is 0 Å². The highest BCUT2D eigenvalue weighted by molar-refractivity contribution is 5.85. The van der Waals surface area contributed by atoms with E-state index in [-0.39, 0.29) is 24.4 Å². The van der Waals surface area contributed by atoms with Gasteiger partial charge in [-0.1, -0.05) is 11.2 Å². The first-order valence-corrected chi connectivity index (χ1v) is 6.26. The third-order valence-electron chi connectivity index (χ3n) is 3.29. The molecule has 0 aromatic rings. The minimum Gasteiger partial charge on any atom is -0.466 e. The van der Waals surface area contributed by atoms with Crippen molar-refractivity contribution >= 4 is 24.6 Å². The lowest BCUT2D eigenvalue weighted by Gasteiger charge is -2.40. The fraction of sp³-hybridized carbons (Fsp3) is 0.692. The van der Waals surface area contributed by atoms with Crippen molar-refractivity contribution in [1.29, 1.82) is 0 Å². The molecule has 19 heavy (non-hydrogen) atoms. The average Bonchev–Trinajstić information content (AvgIpc) is 2.30. The van der Waals surface area contributed by atoms with Crippen molar-refractivity contribution < 1.29 is 18.9 Å². The SMILES string of the molecule is CCOC(=O)CC1C(C=NOC)=CCC[N+]1(C)C.Cl. The molecule has 1 aliphatic rings. The Bertz CT molecular complexity index is 354. The van der Waals surface area contributed by atoms with E-state index in [2.05, 4.69) is 25.3 Å². The molecule has 0 radical (unpaired) electrons. The summed E-state index contributed by atoms with van der Waals surface area (Å²) in [6, 6.07) is 0.0803. The van der Waals surface area contributed by atoms with E-state index in [9.17, 15) is 4.79 Å². The summed E-state index contributed by atoms with van der Waals surface area (Å²) in [4.78, 5) is 16.4. The fourth-order valence-electron chi connectivity index (χ4n) is 2.25. The molecule has 1 rings (SSSR count). The number of hydrogen-bond acceptors (Lipinski definition) is 4. The van der Waals surface area contributed by atoms with Crippen LogP contribution >= 0.6 is 12.4 Å². The molecule has 5 nitrogen and oxygen atoms in total. The van der Waals surface area contributed by atoms with E-state index in [0.29, 0.717) is 13.0 Å². The Labute approximate surface area is 121 Å². The predicted octanol–water partition coefficient (Wildman–Crippen LogP) is 1.77. The van der Waals surface area contributed by atoms with Gasteiger partial charge >= 0.3 is 5.97 Å². The van der Waals surface area contributed by atoms with Gasteiger partial charge in [-0.3, -0.25) is 4.79 Å². The maximum atomic E-state index is 11.7. The zero-order valence-corrected chi connectivity index (χ0v) is 12.9. The van der Waals surface area contributed by atoms with Gasteiger partial charge in [-0.05, 0) is 6.92 Å². The van der Waals surface area contributed by atoms with E-state index >= 15 is 0 Å². The van der Waals surface area contributed by atoms with Crippen LogP contribution in [0.25, 0.3) is 0 Å². The number of rotatable bonds is 5. The van der Waals surface area contributed by atoms with Gasteiger partial charge in [0, 0.05) is 12.0 Å². The van der Waals surface area contributed by atoms with Crippen LogP contribution in [0.1, 0.15) is 19.8 Å². The fourth-order valence-corrected chi connectivity index (χ4v) is 2.25. The predicted molar refractivity (Wildman–Crippen MR) is 77.5 cm³/mol. The second-order valence-electron chi connectivity index (χ2n) is 4.94. The monoisotopic (exact) mass is 291 g/mol. The summed E-state index contributed by atoms with van der Waals surface area (Å²) in [5.41, 5.74) is 1.04. The molecule has 0 saturated heterocycles. The number of hydrogen-bond donors (Lipinski definition) is 0. The van der Waals surface area contributed by atoms with E-state index in [0.717, 1.165) is 23.0 Å². The van der Waals surface area contributed by atoms with Crippen molar-refractivity contribution in [1.82, 2.24) is 0 Å². The quantitative estimate of drug-likeness (QED) is 0.336. The van der Waals surface area contributed by atoms with Crippen LogP contribution in [-0.2, 0) is 14.4 Å². The molecule has 110 valence electrons. The summed E-state index contributed by atoms with van der Waals surface area (Å²) in [6.07, 6.45) is 5.18. The standard InChI is InChI=1S/C13H23N2O3.ClH/c1-5-18-13(16)9-12-11(10-14-17-4)7-6-8-15(12,2)3;/h7,10,12H,5-6,8-9H2,1-4H3;1H/q+1;. The molecule has 1 aliphatic heterocycles. The van der Waals surface area contributed by atoms with E-state index < -0.39 is 0 Å². The zero-order chi connectivity index (χ0) is 13.6. The summed E-state index contributed by atoms with van der Waals surface area (Å²) in [7, 11) is 5.76. The number of halogens is 1. The van der Waals surface area contributed by atoms with Crippen LogP contribution in [0.2, 0.25) is 0 Å². The lowest BCUT2D eigenvalue weighted by molar-refractivity contribution is -0.910. The van der Waals surface area contributed by atoms with Crippen molar-refractivity contribution in [2.45, 2.75) is 25.8 Å². The van der Waals surface area contributed by atoms with Gasteiger partial charge in [0.2, 0.25) is 0 Å². The number of ether oxygens (including phenoxy) is 1. The van der Waals surface area contributed by atoms with Gasteiger partial charge < -0.3 is 14.1 Å². The molecular weight excluding hydrogens is 268 g/mol. The van der Waals surface area contributed by atoms with Crippen LogP contribution < -0.4 is 0 Å². The van der Waals surface area contributed by atoms with Crippen molar-refractivity contribution in [3.05, 3.63) is 11.6 Å². The third-order valence-corrected chi connectivity index (χ3v) is 3.29. The average molecular weight is 292 g/mol. The molecular formula is C13H24ClN2O3+. The maximum absolute atomic E-state index is 11.7. The number of carbonyl (C=O) groups excluding carboxylic acids is 1. The molecule has 0 fully saturated rings. The first-order chi connectivity index (χ1) is 8.51. The van der Waals surface area contributed by atoms with Crippen molar-refractivity contribution in [3.63, 3.8) is 0 Å². The Kier molecular flexibility index (Phi) is 7.71. The lowest BCUT2D eigenvalue weighted by atomic mass is 9.96. The van der Waals surface area contributed by atoms with Gasteiger partial charge in [-0.25, -0.2) is 0 Å². The van der Waals surface area contributed by atoms with E-state index in [1.54, 1.807) is 6.21 Å². The number of quaternary nitrogens is 1. The molecule has 0 amide bonds. The Morgan fingerprint density at radius 1 is 1.58 bits per heavy atom. The first kappa shape index (κ1) is 17.9. The van der Waals surface area contributed by atoms with Gasteiger partial charge in [-0.15, -0.1) is 12.4 Å². The van der Waals surface area contributed by atoms with Crippen LogP contribution in [0, 0.1) is 0 Å². The van der Waals surface area contributed by atoms with Crippen LogP contribution in [-0.4, -0.2) is 57.1 Å². The molecule has 0 aromatic carbocycles. The molecule has 0 bridgehead atoms. The van der Waals surface area contributed by atoms with Gasteiger partial charge in [-0.2, -0.15) is 0 Å². The summed E-state index contributed by atoms with van der Waals surface area (Å²) in [5, 5.41) is 3.81. The highest BCUT2D eigenvalue weighted by Crippen LogP contribution is 2.24. The minimum atomic E-state index is -0.160. The summed E-state index contributed by atoms with van der Waals surface area (Å²) < 4.78 is 5.80. The summed E-state index contributed by atoms with van der Waals surface area (Å²) in [5.74, 6) is -0.160. The van der Waals surface area contributed by atoms with E-state index in [4.69, 9.17) is 9.57 Å². The number of nitrogens with zero attached hydrogens (tertiary/aromatic N) is 2. The number of esters is 1. The summed E-state index contributed by atoms with van der Waals surface area (Å²) >= 11 is 0. The van der Waals surface area contributed by atoms with Gasteiger partial charge in [0.1, 0.15) is 19.6 Å². The molecule has 1 atom stereocenters. The number of oxime groups is 1. The molecule has 0 N–H and O–H groups in total. The number of likely N-dealkylation sites (N-methyl/N-ethyl adjacent to an activating group) is 1. The molecule has 0 spiro atoms. The smallest absolute Gasteiger partial charge is 0.312 e. The van der Waals surface area contributed by atoms with Crippen LogP contribution in [0.4, 0.5) is 0 Å². The molecule has 0 aliphatic carbocycles. The van der Waals surface area contributed by atoms with Crippen LogP contribution in [0.15, 0.2) is 16.8 Å². The second kappa shape index (κ2) is 8.17. The maximum Gasteiger partial charge on any atom is 0.312 e. The van der Waals surface area contributed by atoms with E-state index in [1.165, 1.54) is 7.11 Å². The summed E-state index contributed by atoms with van der Waals surface area (Å²) in [6.45, 7) is 3.25. The minimum absolute atomic E-state index is 0. The molecule has 0 aromatic heterocycles. The van der Waals surface area contributed by atoms with Crippen molar-refractivity contribution in [2.75, 3.05) is 34.4 Å². The van der Waals surface area contributed by atoms with Crippen molar-refractivity contribution in [2.24, 2.45) is 5.16 Å². The first-order valence-electron chi connectivity index (χ1n) is 6.26. The zero-order valence-electron chi connectivity index (χ0n) is 12.1. The lowest BCUT2D eigenvalue weighted by Crippen LogP contribution is -2.53. The molecule has 1 heterocycles. The normalized spacial score (nSPS) is 21.5. The number of carbonyl (C=O) groups is 1. The third kappa shape index (κ3) is 5.20. The Balaban J connectivity index is 0.00000324. The van der Waals surface area contributed by atoms with Gasteiger partial charge in [0.25, 0.3) is 0 Å². The molecule has 0 saturated carbocycles. The van der Waals surface area contributed by atoms with E-state index in [1.807, 2.05) is 6.92 Å². The Morgan fingerprint density at radius 2 is 2.26 bits per heavy atom. The second-order valence-corrected chi connectivity index (χ2v) is 4.94. The molecule has 1 unspecified atom stereocenters. The molecule has 6 heteroatoms. The topological polar surface area (TPSA) is 47.9 Å². The highest BCUT2D eigenvalue weighted by Gasteiger charge is 2.35.